The number of fused-ring (bicyclic) bond motifs is 1. The molecule has 2 heterocycles. The SMILES string of the molecule is C[C@H]1CCCCO[C@H](CN(C)C)[C@@H](C)CN([C@@H](C)CO)C(=O)c2cc(NS(=O)(=O)c3cccs3)ccc2O1. The van der Waals surface area contributed by atoms with E-state index in [-0.39, 0.29) is 46.1 Å². The summed E-state index contributed by atoms with van der Waals surface area (Å²) in [6.45, 7) is 7.29. The number of rotatable bonds is 7. The van der Waals surface area contributed by atoms with E-state index in [0.717, 1.165) is 30.6 Å². The Morgan fingerprint density at radius 2 is 2.00 bits per heavy atom. The van der Waals surface area contributed by atoms with Gasteiger partial charge in [-0.3, -0.25) is 9.52 Å². The highest BCUT2D eigenvalue weighted by Crippen LogP contribution is 2.30. The lowest BCUT2D eigenvalue weighted by molar-refractivity contribution is -0.0137. The van der Waals surface area contributed by atoms with Crippen LogP contribution in [0.1, 0.15) is 50.4 Å². The van der Waals surface area contributed by atoms with Gasteiger partial charge in [-0.25, -0.2) is 8.42 Å². The maximum Gasteiger partial charge on any atom is 0.271 e. The van der Waals surface area contributed by atoms with Crippen LogP contribution in [0.5, 0.6) is 5.75 Å². The summed E-state index contributed by atoms with van der Waals surface area (Å²) in [4.78, 5) is 17.7. The number of hydrogen-bond acceptors (Lipinski definition) is 8. The molecule has 1 aromatic carbocycles. The van der Waals surface area contributed by atoms with Crippen LogP contribution in [-0.4, -0.2) is 87.9 Å². The Morgan fingerprint density at radius 1 is 1.24 bits per heavy atom. The van der Waals surface area contributed by atoms with Gasteiger partial charge in [-0.15, -0.1) is 11.3 Å². The molecule has 0 aliphatic carbocycles. The molecule has 0 radical (unpaired) electrons. The number of ether oxygens (including phenoxy) is 2. The summed E-state index contributed by atoms with van der Waals surface area (Å²) < 4.78 is 40.9. The third-order valence-corrected chi connectivity index (χ3v) is 9.39. The van der Waals surface area contributed by atoms with Crippen molar-refractivity contribution in [2.75, 3.05) is 45.1 Å². The van der Waals surface area contributed by atoms with E-state index in [4.69, 9.17) is 9.47 Å². The number of anilines is 1. The number of sulfonamides is 1. The summed E-state index contributed by atoms with van der Waals surface area (Å²) in [6.07, 6.45) is 2.36. The topological polar surface area (TPSA) is 108 Å². The van der Waals surface area contributed by atoms with E-state index in [1.807, 2.05) is 21.0 Å². The molecule has 1 amide bonds. The molecule has 0 unspecified atom stereocenters. The smallest absolute Gasteiger partial charge is 0.271 e. The molecule has 2 aromatic rings. The van der Waals surface area contributed by atoms with Crippen molar-refractivity contribution in [1.82, 2.24) is 9.80 Å². The maximum absolute atomic E-state index is 14.0. The van der Waals surface area contributed by atoms with Crippen LogP contribution in [0.25, 0.3) is 0 Å². The molecule has 9 nitrogen and oxygen atoms in total. The van der Waals surface area contributed by atoms with Crippen molar-refractivity contribution in [2.45, 2.75) is 62.5 Å². The Balaban J connectivity index is 2.01. The normalized spacial score (nSPS) is 22.9. The number of amides is 1. The number of nitrogens with zero attached hydrogens (tertiary/aromatic N) is 2. The zero-order valence-corrected chi connectivity index (χ0v) is 24.6. The highest BCUT2D eigenvalue weighted by molar-refractivity contribution is 7.94. The summed E-state index contributed by atoms with van der Waals surface area (Å²) in [5.74, 6) is 0.0445. The van der Waals surface area contributed by atoms with Crippen molar-refractivity contribution >= 4 is 33.0 Å². The summed E-state index contributed by atoms with van der Waals surface area (Å²) in [5, 5.41) is 11.7. The van der Waals surface area contributed by atoms with Crippen LogP contribution >= 0.6 is 11.3 Å². The van der Waals surface area contributed by atoms with Gasteiger partial charge in [0.2, 0.25) is 0 Å². The van der Waals surface area contributed by atoms with Crippen LogP contribution in [0.2, 0.25) is 0 Å². The van der Waals surface area contributed by atoms with Gasteiger partial charge >= 0.3 is 0 Å². The van der Waals surface area contributed by atoms with Gasteiger partial charge in [-0.05, 0) is 76.9 Å². The molecule has 1 aliphatic rings. The maximum atomic E-state index is 14.0. The van der Waals surface area contributed by atoms with Crippen molar-refractivity contribution in [3.8, 4) is 5.75 Å². The Bertz CT molecular complexity index is 1140. The Kier molecular flexibility index (Phi) is 11.0. The number of likely N-dealkylation sites (N-methyl/N-ethyl adjacent to an activating group) is 1. The quantitative estimate of drug-likeness (QED) is 0.522. The first-order chi connectivity index (χ1) is 18.0. The van der Waals surface area contributed by atoms with Crippen molar-refractivity contribution in [3.63, 3.8) is 0 Å². The van der Waals surface area contributed by atoms with Gasteiger partial charge in [0.15, 0.2) is 0 Å². The standard InChI is InChI=1S/C27H41N3O6S2/c1-19-16-30(20(2)18-31)27(32)23-15-22(28-38(33,34)26-10-8-14-37-26)11-12-24(23)36-21(3)9-6-7-13-35-25(19)17-29(4)5/h8,10-12,14-15,19-21,25,28,31H,6-7,9,13,16-18H2,1-5H3/t19-,20-,21-,25+/m0/s1. The second-order valence-corrected chi connectivity index (χ2v) is 13.2. The molecule has 1 aliphatic heterocycles. The van der Waals surface area contributed by atoms with Crippen molar-refractivity contribution in [1.29, 1.82) is 0 Å². The van der Waals surface area contributed by atoms with E-state index in [1.165, 1.54) is 12.1 Å². The van der Waals surface area contributed by atoms with Crippen molar-refractivity contribution in [3.05, 3.63) is 41.3 Å². The van der Waals surface area contributed by atoms with E-state index in [9.17, 15) is 18.3 Å². The number of hydrogen-bond donors (Lipinski definition) is 2. The molecule has 0 saturated carbocycles. The number of aliphatic hydroxyl groups is 1. The van der Waals surface area contributed by atoms with Crippen LogP contribution in [0.15, 0.2) is 39.9 Å². The average Bonchev–Trinajstić information content (AvgIpc) is 3.42. The third kappa shape index (κ3) is 8.16. The first kappa shape index (κ1) is 30.4. The molecule has 0 spiro atoms. The number of benzene rings is 1. The van der Waals surface area contributed by atoms with Gasteiger partial charge in [-0.1, -0.05) is 13.0 Å². The van der Waals surface area contributed by atoms with E-state index in [0.29, 0.717) is 25.4 Å². The minimum absolute atomic E-state index is 0.0119. The van der Waals surface area contributed by atoms with E-state index < -0.39 is 16.1 Å². The summed E-state index contributed by atoms with van der Waals surface area (Å²) in [5.41, 5.74) is 0.513. The number of aliphatic hydroxyl groups excluding tert-OH is 1. The first-order valence-corrected chi connectivity index (χ1v) is 15.4. The molecule has 0 saturated heterocycles. The highest BCUT2D eigenvalue weighted by Gasteiger charge is 2.30. The number of thiophene rings is 1. The summed E-state index contributed by atoms with van der Waals surface area (Å²) in [7, 11) is 0.195. The van der Waals surface area contributed by atoms with Gasteiger partial charge in [0.1, 0.15) is 9.96 Å². The zero-order valence-electron chi connectivity index (χ0n) is 22.9. The van der Waals surface area contributed by atoms with Gasteiger partial charge in [0.05, 0.1) is 30.4 Å². The molecule has 212 valence electrons. The minimum Gasteiger partial charge on any atom is -0.490 e. The van der Waals surface area contributed by atoms with E-state index >= 15 is 0 Å². The second kappa shape index (κ2) is 13.7. The Morgan fingerprint density at radius 3 is 2.66 bits per heavy atom. The zero-order chi connectivity index (χ0) is 27.9. The number of nitrogens with one attached hydrogen (secondary N) is 1. The lowest BCUT2D eigenvalue weighted by atomic mass is 10.0. The van der Waals surface area contributed by atoms with E-state index in [2.05, 4.69) is 16.5 Å². The fourth-order valence-electron chi connectivity index (χ4n) is 4.43. The second-order valence-electron chi connectivity index (χ2n) is 10.3. The monoisotopic (exact) mass is 567 g/mol. The lowest BCUT2D eigenvalue weighted by Crippen LogP contribution is -2.47. The Labute approximate surface area is 230 Å². The lowest BCUT2D eigenvalue weighted by Gasteiger charge is -2.35. The van der Waals surface area contributed by atoms with Crippen LogP contribution in [-0.2, 0) is 14.8 Å². The van der Waals surface area contributed by atoms with E-state index in [1.54, 1.807) is 35.4 Å². The third-order valence-electron chi connectivity index (χ3n) is 6.61. The molecular formula is C27H41N3O6S2. The highest BCUT2D eigenvalue weighted by atomic mass is 32.2. The summed E-state index contributed by atoms with van der Waals surface area (Å²) >= 11 is 1.12. The van der Waals surface area contributed by atoms with Gasteiger partial charge in [0, 0.05) is 31.3 Å². The van der Waals surface area contributed by atoms with Crippen LogP contribution in [0.4, 0.5) is 5.69 Å². The molecule has 3 rings (SSSR count). The largest absolute Gasteiger partial charge is 0.490 e. The van der Waals surface area contributed by atoms with Gasteiger partial charge in [0.25, 0.3) is 15.9 Å². The predicted molar refractivity (Wildman–Crippen MR) is 151 cm³/mol. The number of carbonyl (C=O) groups excluding carboxylic acids is 1. The molecule has 0 bridgehead atoms. The van der Waals surface area contributed by atoms with Gasteiger partial charge < -0.3 is 24.4 Å². The van der Waals surface area contributed by atoms with Crippen molar-refractivity contribution in [2.24, 2.45) is 5.92 Å². The minimum atomic E-state index is -3.79. The van der Waals surface area contributed by atoms with Crippen LogP contribution in [0, 0.1) is 5.92 Å². The van der Waals surface area contributed by atoms with Crippen LogP contribution in [0.3, 0.4) is 0 Å². The molecule has 2 N–H and O–H groups in total. The summed E-state index contributed by atoms with van der Waals surface area (Å²) in [6, 6.07) is 7.51. The molecule has 4 atom stereocenters. The fourth-order valence-corrected chi connectivity index (χ4v) is 6.47. The molecule has 0 fully saturated rings. The average molecular weight is 568 g/mol. The number of carbonyl (C=O) groups is 1. The molecule has 1 aromatic heterocycles. The fraction of sp³-hybridized carbons (Fsp3) is 0.593. The molecule has 11 heteroatoms. The Hall–Kier alpha value is -2.18. The molecular weight excluding hydrogens is 526 g/mol. The van der Waals surface area contributed by atoms with Crippen LogP contribution < -0.4 is 9.46 Å². The molecule has 38 heavy (non-hydrogen) atoms. The predicted octanol–water partition coefficient (Wildman–Crippen LogP) is 3.91. The first-order valence-electron chi connectivity index (χ1n) is 13.1. The van der Waals surface area contributed by atoms with Gasteiger partial charge in [-0.2, -0.15) is 0 Å². The van der Waals surface area contributed by atoms with Crippen molar-refractivity contribution < 1.29 is 27.8 Å².